The first-order valence-corrected chi connectivity index (χ1v) is 9.22. The summed E-state index contributed by atoms with van der Waals surface area (Å²) in [5.74, 6) is -0.0782. The molecule has 1 N–H and O–H groups in total. The van der Waals surface area contributed by atoms with Crippen molar-refractivity contribution in [2.75, 3.05) is 19.6 Å². The third-order valence-corrected chi connectivity index (χ3v) is 5.25. The first-order valence-electron chi connectivity index (χ1n) is 9.22. The van der Waals surface area contributed by atoms with Crippen LogP contribution in [0.2, 0.25) is 0 Å². The standard InChI is InChI=1S/C18H29N5O/c1-3-14(2)11-22-10-6-9-16(12-22)23-13-17(20-21-23)18(24)19-15-7-4-5-8-15/h3,13,15-16H,4-12H2,1-2H3,(H,19,24)/b14-3+. The van der Waals surface area contributed by atoms with Gasteiger partial charge in [0.25, 0.3) is 5.91 Å². The highest BCUT2D eigenvalue weighted by Gasteiger charge is 2.24. The summed E-state index contributed by atoms with van der Waals surface area (Å²) in [7, 11) is 0. The van der Waals surface area contributed by atoms with Gasteiger partial charge in [0.1, 0.15) is 0 Å². The van der Waals surface area contributed by atoms with Gasteiger partial charge in [0.05, 0.1) is 12.2 Å². The van der Waals surface area contributed by atoms with Gasteiger partial charge in [-0.15, -0.1) is 5.10 Å². The predicted molar refractivity (Wildman–Crippen MR) is 93.9 cm³/mol. The van der Waals surface area contributed by atoms with Crippen LogP contribution >= 0.6 is 0 Å². The third kappa shape index (κ3) is 4.23. The molecule has 6 heteroatoms. The second-order valence-electron chi connectivity index (χ2n) is 7.20. The first-order chi connectivity index (χ1) is 11.7. The number of nitrogens with zero attached hydrogens (tertiary/aromatic N) is 4. The molecular formula is C18H29N5O. The minimum atomic E-state index is -0.0782. The molecule has 1 aliphatic carbocycles. The summed E-state index contributed by atoms with van der Waals surface area (Å²) in [6.07, 6.45) is 10.8. The fourth-order valence-electron chi connectivity index (χ4n) is 3.72. The molecule has 1 amide bonds. The Morgan fingerprint density at radius 3 is 2.88 bits per heavy atom. The molecule has 2 fully saturated rings. The number of rotatable bonds is 5. The number of likely N-dealkylation sites (tertiary alicyclic amines) is 1. The molecule has 1 unspecified atom stereocenters. The van der Waals surface area contributed by atoms with Crippen molar-refractivity contribution in [1.82, 2.24) is 25.2 Å². The molecule has 1 saturated heterocycles. The molecule has 3 rings (SSSR count). The van der Waals surface area contributed by atoms with Crippen molar-refractivity contribution in [3.05, 3.63) is 23.5 Å². The van der Waals surface area contributed by atoms with Crippen molar-refractivity contribution in [3.63, 3.8) is 0 Å². The largest absolute Gasteiger partial charge is 0.348 e. The highest BCUT2D eigenvalue weighted by Crippen LogP contribution is 2.22. The van der Waals surface area contributed by atoms with Crippen LogP contribution in [0, 0.1) is 0 Å². The van der Waals surface area contributed by atoms with Crippen molar-refractivity contribution in [3.8, 4) is 0 Å². The van der Waals surface area contributed by atoms with Gasteiger partial charge in [0, 0.05) is 19.1 Å². The quantitative estimate of drug-likeness (QED) is 0.842. The number of hydrogen-bond acceptors (Lipinski definition) is 4. The van der Waals surface area contributed by atoms with E-state index in [2.05, 4.69) is 40.5 Å². The molecule has 0 bridgehead atoms. The van der Waals surface area contributed by atoms with Gasteiger partial charge in [-0.1, -0.05) is 29.7 Å². The summed E-state index contributed by atoms with van der Waals surface area (Å²) < 4.78 is 1.89. The second kappa shape index (κ2) is 7.92. The smallest absolute Gasteiger partial charge is 0.273 e. The number of carbonyl (C=O) groups is 1. The SMILES string of the molecule is C/C=C(\C)CN1CCCC(n2cc(C(=O)NC3CCCC3)nn2)C1. The van der Waals surface area contributed by atoms with E-state index in [1.165, 1.54) is 18.4 Å². The highest BCUT2D eigenvalue weighted by molar-refractivity contribution is 5.92. The maximum atomic E-state index is 12.3. The van der Waals surface area contributed by atoms with Crippen molar-refractivity contribution >= 4 is 5.91 Å². The van der Waals surface area contributed by atoms with Crippen LogP contribution in [-0.4, -0.2) is 51.5 Å². The Hall–Kier alpha value is -1.69. The zero-order chi connectivity index (χ0) is 16.9. The monoisotopic (exact) mass is 331 g/mol. The van der Waals surface area contributed by atoms with Gasteiger partial charge in [0.15, 0.2) is 5.69 Å². The van der Waals surface area contributed by atoms with Gasteiger partial charge >= 0.3 is 0 Å². The average molecular weight is 331 g/mol. The van der Waals surface area contributed by atoms with E-state index in [9.17, 15) is 4.79 Å². The van der Waals surface area contributed by atoms with Crippen molar-refractivity contribution in [2.45, 2.75) is 64.5 Å². The van der Waals surface area contributed by atoms with Gasteiger partial charge in [-0.3, -0.25) is 9.69 Å². The lowest BCUT2D eigenvalue weighted by Gasteiger charge is -2.32. The van der Waals surface area contributed by atoms with Crippen LogP contribution in [0.15, 0.2) is 17.8 Å². The van der Waals surface area contributed by atoms with Crippen molar-refractivity contribution in [1.29, 1.82) is 0 Å². The zero-order valence-corrected chi connectivity index (χ0v) is 14.9. The van der Waals surface area contributed by atoms with E-state index in [-0.39, 0.29) is 5.91 Å². The van der Waals surface area contributed by atoms with Gasteiger partial charge in [-0.05, 0) is 46.1 Å². The summed E-state index contributed by atoms with van der Waals surface area (Å²) in [6, 6.07) is 0.626. The fourth-order valence-corrected chi connectivity index (χ4v) is 3.72. The summed E-state index contributed by atoms with van der Waals surface area (Å²) in [5, 5.41) is 11.4. The summed E-state index contributed by atoms with van der Waals surface area (Å²) in [5.41, 5.74) is 1.84. The van der Waals surface area contributed by atoms with E-state index in [1.807, 2.05) is 10.9 Å². The minimum Gasteiger partial charge on any atom is -0.348 e. The van der Waals surface area contributed by atoms with Gasteiger partial charge in [-0.2, -0.15) is 0 Å². The number of allylic oxidation sites excluding steroid dienone is 1. The maximum Gasteiger partial charge on any atom is 0.273 e. The van der Waals surface area contributed by atoms with Crippen LogP contribution in [0.1, 0.15) is 68.9 Å². The molecular weight excluding hydrogens is 302 g/mol. The molecule has 2 heterocycles. The molecule has 0 spiro atoms. The molecule has 1 saturated carbocycles. The Bertz CT molecular complexity index is 588. The van der Waals surface area contributed by atoms with Crippen LogP contribution in [0.25, 0.3) is 0 Å². The van der Waals surface area contributed by atoms with Crippen LogP contribution in [0.5, 0.6) is 0 Å². The van der Waals surface area contributed by atoms with Crippen LogP contribution in [0.4, 0.5) is 0 Å². The zero-order valence-electron chi connectivity index (χ0n) is 14.9. The topological polar surface area (TPSA) is 63.1 Å². The Morgan fingerprint density at radius 1 is 1.33 bits per heavy atom. The molecule has 0 radical (unpaired) electrons. The van der Waals surface area contributed by atoms with Gasteiger partial charge < -0.3 is 5.32 Å². The molecule has 1 aromatic rings. The lowest BCUT2D eigenvalue weighted by Crippen LogP contribution is -2.37. The molecule has 1 aromatic heterocycles. The van der Waals surface area contributed by atoms with Gasteiger partial charge in [0.2, 0.25) is 0 Å². The van der Waals surface area contributed by atoms with Crippen LogP contribution in [0.3, 0.4) is 0 Å². The highest BCUT2D eigenvalue weighted by atomic mass is 16.2. The predicted octanol–water partition coefficient (Wildman–Crippen LogP) is 2.55. The number of amides is 1. The third-order valence-electron chi connectivity index (χ3n) is 5.25. The van der Waals surface area contributed by atoms with Crippen molar-refractivity contribution < 1.29 is 4.79 Å². The molecule has 2 aliphatic rings. The van der Waals surface area contributed by atoms with E-state index in [0.717, 1.165) is 45.3 Å². The number of carbonyl (C=O) groups excluding carboxylic acids is 1. The average Bonchev–Trinajstić information content (AvgIpc) is 3.26. The lowest BCUT2D eigenvalue weighted by atomic mass is 10.1. The van der Waals surface area contributed by atoms with E-state index in [0.29, 0.717) is 17.8 Å². The van der Waals surface area contributed by atoms with E-state index in [4.69, 9.17) is 0 Å². The Labute approximate surface area is 144 Å². The maximum absolute atomic E-state index is 12.3. The summed E-state index contributed by atoms with van der Waals surface area (Å²) >= 11 is 0. The van der Waals surface area contributed by atoms with E-state index < -0.39 is 0 Å². The van der Waals surface area contributed by atoms with Crippen molar-refractivity contribution in [2.24, 2.45) is 0 Å². The fraction of sp³-hybridized carbons (Fsp3) is 0.722. The molecule has 6 nitrogen and oxygen atoms in total. The molecule has 132 valence electrons. The number of hydrogen-bond donors (Lipinski definition) is 1. The number of nitrogens with one attached hydrogen (secondary N) is 1. The molecule has 1 aliphatic heterocycles. The summed E-state index contributed by atoms with van der Waals surface area (Å²) in [6.45, 7) is 7.37. The Morgan fingerprint density at radius 2 is 2.12 bits per heavy atom. The molecule has 24 heavy (non-hydrogen) atoms. The number of piperidine rings is 1. The van der Waals surface area contributed by atoms with E-state index in [1.54, 1.807) is 0 Å². The Kier molecular flexibility index (Phi) is 5.66. The van der Waals surface area contributed by atoms with Crippen LogP contribution < -0.4 is 5.32 Å². The van der Waals surface area contributed by atoms with E-state index >= 15 is 0 Å². The van der Waals surface area contributed by atoms with Crippen LogP contribution in [-0.2, 0) is 0 Å². The first kappa shape index (κ1) is 17.1. The Balaban J connectivity index is 1.58. The minimum absolute atomic E-state index is 0.0782. The normalized spacial score (nSPS) is 23.6. The molecule has 1 atom stereocenters. The second-order valence-corrected chi connectivity index (χ2v) is 7.20. The molecule has 0 aromatic carbocycles. The van der Waals surface area contributed by atoms with Gasteiger partial charge in [-0.25, -0.2) is 4.68 Å². The lowest BCUT2D eigenvalue weighted by molar-refractivity contribution is 0.0932. The summed E-state index contributed by atoms with van der Waals surface area (Å²) in [4.78, 5) is 14.8. The number of aromatic nitrogens is 3.